The largest absolute Gasteiger partial charge is 0.497 e. The molecule has 1 atom stereocenters. The number of rotatable bonds is 6. The van der Waals surface area contributed by atoms with Crippen LogP contribution in [0.5, 0.6) is 11.5 Å². The minimum atomic E-state index is 0.0111. The second-order valence-electron chi connectivity index (χ2n) is 5.74. The highest BCUT2D eigenvalue weighted by Gasteiger charge is 2.25. The van der Waals surface area contributed by atoms with E-state index in [1.807, 2.05) is 35.9 Å². The summed E-state index contributed by atoms with van der Waals surface area (Å²) in [5.41, 5.74) is 0. The van der Waals surface area contributed by atoms with Crippen molar-refractivity contribution in [1.82, 2.24) is 14.8 Å². The zero-order chi connectivity index (χ0) is 16.9. The smallest absolute Gasteiger partial charge is 0.191 e. The molecule has 1 aromatic heterocycles. The Morgan fingerprint density at radius 3 is 2.67 bits per heavy atom. The fourth-order valence-corrected chi connectivity index (χ4v) is 3.74. The maximum absolute atomic E-state index is 12.0. The molecule has 24 heavy (non-hydrogen) atoms. The third kappa shape index (κ3) is 3.90. The zero-order valence-electron chi connectivity index (χ0n) is 13.9. The van der Waals surface area contributed by atoms with Crippen molar-refractivity contribution in [2.45, 2.75) is 42.7 Å². The molecule has 0 unspecified atom stereocenters. The molecule has 1 saturated carbocycles. The second-order valence-corrected chi connectivity index (χ2v) is 6.91. The van der Waals surface area contributed by atoms with Crippen molar-refractivity contribution in [2.75, 3.05) is 7.11 Å². The molecule has 128 valence electrons. The van der Waals surface area contributed by atoms with E-state index in [9.17, 15) is 4.79 Å². The Bertz CT molecular complexity index is 700. The number of carbonyl (C=O) groups is 1. The van der Waals surface area contributed by atoms with Crippen LogP contribution in [0.2, 0.25) is 0 Å². The summed E-state index contributed by atoms with van der Waals surface area (Å²) in [6.45, 7) is 0.328. The molecule has 0 amide bonds. The number of aromatic nitrogens is 3. The van der Waals surface area contributed by atoms with E-state index in [1.165, 1.54) is 11.8 Å². The molecule has 2 aromatic rings. The highest BCUT2D eigenvalue weighted by molar-refractivity contribution is 8.00. The van der Waals surface area contributed by atoms with Crippen molar-refractivity contribution in [2.24, 2.45) is 7.05 Å². The molecule has 3 rings (SSSR count). The number of ether oxygens (including phenoxy) is 2. The Kier molecular flexibility index (Phi) is 5.40. The number of hydrogen-bond donors (Lipinski definition) is 0. The van der Waals surface area contributed by atoms with Crippen LogP contribution in [0.25, 0.3) is 0 Å². The van der Waals surface area contributed by atoms with Crippen LogP contribution in [0.4, 0.5) is 0 Å². The van der Waals surface area contributed by atoms with Gasteiger partial charge in [0, 0.05) is 13.5 Å². The van der Waals surface area contributed by atoms with E-state index in [2.05, 4.69) is 10.2 Å². The third-order valence-corrected chi connectivity index (χ3v) is 5.45. The molecule has 1 aliphatic carbocycles. The Morgan fingerprint density at radius 2 is 1.96 bits per heavy atom. The first-order chi connectivity index (χ1) is 11.7. The van der Waals surface area contributed by atoms with Crippen molar-refractivity contribution in [3.05, 3.63) is 30.1 Å². The lowest BCUT2D eigenvalue weighted by molar-refractivity contribution is -0.119. The van der Waals surface area contributed by atoms with Gasteiger partial charge in [-0.15, -0.1) is 10.2 Å². The van der Waals surface area contributed by atoms with Crippen molar-refractivity contribution >= 4 is 17.5 Å². The molecule has 1 fully saturated rings. The molecular formula is C17H21N3O3S. The van der Waals surface area contributed by atoms with E-state index in [1.54, 1.807) is 7.11 Å². The van der Waals surface area contributed by atoms with Gasteiger partial charge in [0.25, 0.3) is 0 Å². The van der Waals surface area contributed by atoms with Crippen molar-refractivity contribution in [1.29, 1.82) is 0 Å². The number of carbonyl (C=O) groups excluding carboxylic acids is 1. The number of nitrogens with zero attached hydrogens (tertiary/aromatic N) is 3. The van der Waals surface area contributed by atoms with E-state index in [4.69, 9.17) is 9.47 Å². The Labute approximate surface area is 145 Å². The molecule has 1 heterocycles. The maximum Gasteiger partial charge on any atom is 0.191 e. The molecule has 0 bridgehead atoms. The van der Waals surface area contributed by atoms with Gasteiger partial charge in [-0.1, -0.05) is 18.2 Å². The van der Waals surface area contributed by atoms with Crippen LogP contribution in [0.1, 0.15) is 31.5 Å². The Balaban J connectivity index is 1.60. The lowest BCUT2D eigenvalue weighted by Crippen LogP contribution is -2.21. The molecule has 0 N–H and O–H groups in total. The summed E-state index contributed by atoms with van der Waals surface area (Å²) in [6.07, 6.45) is 3.72. The fourth-order valence-electron chi connectivity index (χ4n) is 2.60. The molecule has 7 heteroatoms. The first kappa shape index (κ1) is 16.8. The molecule has 6 nitrogen and oxygen atoms in total. The average Bonchev–Trinajstić information content (AvgIpc) is 2.95. The number of Topliss-reactive ketones (excluding diaryl/α,β-unsaturated/α-hetero) is 1. The van der Waals surface area contributed by atoms with Gasteiger partial charge >= 0.3 is 0 Å². The highest BCUT2D eigenvalue weighted by atomic mass is 32.2. The van der Waals surface area contributed by atoms with E-state index in [0.29, 0.717) is 18.8 Å². The predicted octanol–water partition coefficient (Wildman–Crippen LogP) is 3.01. The van der Waals surface area contributed by atoms with Crippen LogP contribution in [0, 0.1) is 0 Å². The average molecular weight is 347 g/mol. The van der Waals surface area contributed by atoms with Crippen molar-refractivity contribution in [3.63, 3.8) is 0 Å². The van der Waals surface area contributed by atoms with Crippen LogP contribution in [-0.4, -0.2) is 32.9 Å². The van der Waals surface area contributed by atoms with Crippen molar-refractivity contribution in [3.8, 4) is 11.5 Å². The first-order valence-corrected chi connectivity index (χ1v) is 8.90. The quantitative estimate of drug-likeness (QED) is 0.800. The summed E-state index contributed by atoms with van der Waals surface area (Å²) in [5, 5.41) is 9.17. The lowest BCUT2D eigenvalue weighted by Gasteiger charge is -2.19. The van der Waals surface area contributed by atoms with Gasteiger partial charge < -0.3 is 14.0 Å². The minimum absolute atomic E-state index is 0.0111. The predicted molar refractivity (Wildman–Crippen MR) is 91.4 cm³/mol. The van der Waals surface area contributed by atoms with Gasteiger partial charge in [-0.2, -0.15) is 0 Å². The summed E-state index contributed by atoms with van der Waals surface area (Å²) in [5.74, 6) is 2.59. The molecule has 1 aliphatic rings. The summed E-state index contributed by atoms with van der Waals surface area (Å²) in [4.78, 5) is 12.0. The Hall–Kier alpha value is -2.02. The number of methoxy groups -OCH3 is 1. The summed E-state index contributed by atoms with van der Waals surface area (Å²) in [6, 6.07) is 7.40. The third-order valence-electron chi connectivity index (χ3n) is 4.10. The van der Waals surface area contributed by atoms with Gasteiger partial charge in [0.2, 0.25) is 0 Å². The van der Waals surface area contributed by atoms with E-state index >= 15 is 0 Å². The van der Waals surface area contributed by atoms with Crippen molar-refractivity contribution < 1.29 is 14.3 Å². The summed E-state index contributed by atoms with van der Waals surface area (Å²) < 4.78 is 12.8. The van der Waals surface area contributed by atoms with Gasteiger partial charge in [-0.05, 0) is 37.1 Å². The molecule has 0 spiro atoms. The van der Waals surface area contributed by atoms with Gasteiger partial charge in [-0.25, -0.2) is 0 Å². The summed E-state index contributed by atoms with van der Waals surface area (Å²) >= 11 is 1.51. The van der Waals surface area contributed by atoms with Crippen LogP contribution >= 0.6 is 11.8 Å². The number of hydrogen-bond acceptors (Lipinski definition) is 6. The number of thioether (sulfide) groups is 1. The van der Waals surface area contributed by atoms with Gasteiger partial charge in [0.05, 0.1) is 12.4 Å². The minimum Gasteiger partial charge on any atom is -0.497 e. The molecule has 0 radical (unpaired) electrons. The number of ketones is 1. The molecule has 0 aliphatic heterocycles. The molecular weight excluding hydrogens is 326 g/mol. The highest BCUT2D eigenvalue weighted by Crippen LogP contribution is 2.30. The zero-order valence-corrected chi connectivity index (χ0v) is 14.7. The number of benzene rings is 1. The van der Waals surface area contributed by atoms with Gasteiger partial charge in [-0.3, -0.25) is 4.79 Å². The maximum atomic E-state index is 12.0. The van der Waals surface area contributed by atoms with E-state index in [0.717, 1.165) is 41.7 Å². The second kappa shape index (κ2) is 7.70. The van der Waals surface area contributed by atoms with E-state index in [-0.39, 0.29) is 5.25 Å². The van der Waals surface area contributed by atoms with Crippen LogP contribution in [0.15, 0.2) is 29.4 Å². The summed E-state index contributed by atoms with van der Waals surface area (Å²) in [7, 11) is 3.54. The first-order valence-electron chi connectivity index (χ1n) is 8.02. The van der Waals surface area contributed by atoms with Crippen LogP contribution < -0.4 is 9.47 Å². The van der Waals surface area contributed by atoms with Crippen LogP contribution in [0.3, 0.4) is 0 Å². The standard InChI is InChI=1S/C17H21N3O3S/c1-20-16(11-23-13-9-7-12(22-2)8-10-13)18-19-17(20)24-15-6-4-3-5-14(15)21/h7-10,15H,3-6,11H2,1-2H3/t15-/m1/s1. The topological polar surface area (TPSA) is 66.2 Å². The monoisotopic (exact) mass is 347 g/mol. The Morgan fingerprint density at radius 1 is 1.21 bits per heavy atom. The normalized spacial score (nSPS) is 17.8. The lowest BCUT2D eigenvalue weighted by atomic mass is 9.99. The van der Waals surface area contributed by atoms with Gasteiger partial charge in [0.15, 0.2) is 11.0 Å². The SMILES string of the molecule is COc1ccc(OCc2nnc(S[C@@H]3CCCCC3=O)n2C)cc1. The van der Waals surface area contributed by atoms with Crippen LogP contribution in [-0.2, 0) is 18.4 Å². The molecule has 0 saturated heterocycles. The molecule has 1 aromatic carbocycles. The van der Waals surface area contributed by atoms with Gasteiger partial charge in [0.1, 0.15) is 23.9 Å². The fraction of sp³-hybridized carbons (Fsp3) is 0.471. The van der Waals surface area contributed by atoms with E-state index < -0.39 is 0 Å².